The molecule has 0 saturated carbocycles. The van der Waals surface area contributed by atoms with Gasteiger partial charge in [0.2, 0.25) is 0 Å². The van der Waals surface area contributed by atoms with Crippen LogP contribution in [-0.4, -0.2) is 52.0 Å². The van der Waals surface area contributed by atoms with Crippen molar-refractivity contribution in [2.24, 2.45) is 5.92 Å². The highest BCUT2D eigenvalue weighted by atomic mass is 16.6. The minimum atomic E-state index is -1.03. The molecule has 2 atom stereocenters. The van der Waals surface area contributed by atoms with Crippen LogP contribution in [0.1, 0.15) is 40.0 Å². The molecular formula is C13H23NO5. The van der Waals surface area contributed by atoms with Crippen molar-refractivity contribution in [1.82, 2.24) is 4.90 Å². The molecule has 0 bridgehead atoms. The maximum Gasteiger partial charge on any atom is 0.410 e. The van der Waals surface area contributed by atoms with Crippen molar-refractivity contribution in [2.45, 2.75) is 51.7 Å². The second kappa shape index (κ2) is 6.23. The molecule has 1 aliphatic heterocycles. The molecule has 1 unspecified atom stereocenters. The highest BCUT2D eigenvalue weighted by molar-refractivity contribution is 5.68. The molecule has 0 aliphatic carbocycles. The van der Waals surface area contributed by atoms with Gasteiger partial charge in [-0.2, -0.15) is 0 Å². The molecule has 0 radical (unpaired) electrons. The molecule has 19 heavy (non-hydrogen) atoms. The van der Waals surface area contributed by atoms with Crippen LogP contribution in [0, 0.1) is 5.92 Å². The first-order valence-corrected chi connectivity index (χ1v) is 6.57. The number of amides is 1. The number of piperidine rings is 1. The average molecular weight is 273 g/mol. The van der Waals surface area contributed by atoms with E-state index in [1.807, 2.05) is 0 Å². The van der Waals surface area contributed by atoms with Crippen LogP contribution in [-0.2, 0) is 9.53 Å². The first-order valence-electron chi connectivity index (χ1n) is 6.57. The van der Waals surface area contributed by atoms with Crippen molar-refractivity contribution in [3.05, 3.63) is 0 Å². The van der Waals surface area contributed by atoms with Crippen molar-refractivity contribution in [1.29, 1.82) is 0 Å². The minimum absolute atomic E-state index is 0.197. The van der Waals surface area contributed by atoms with Crippen molar-refractivity contribution >= 4 is 12.1 Å². The van der Waals surface area contributed by atoms with Crippen LogP contribution < -0.4 is 0 Å². The Hall–Kier alpha value is -1.30. The summed E-state index contributed by atoms with van der Waals surface area (Å²) in [6.45, 7) is 6.33. The van der Waals surface area contributed by atoms with Gasteiger partial charge in [0.05, 0.1) is 12.5 Å². The molecular weight excluding hydrogens is 250 g/mol. The maximum absolute atomic E-state index is 11.9. The van der Waals surface area contributed by atoms with E-state index in [0.29, 0.717) is 13.1 Å². The van der Waals surface area contributed by atoms with Gasteiger partial charge in [-0.3, -0.25) is 4.79 Å². The standard InChI is InChI=1S/C13H23NO5/c1-13(2,3)19-12(18)14-6-4-5-9(8-14)10(15)7-11(16)17/h9-10,15H,4-8H2,1-3H3,(H,16,17)/t9?,10-/m1/s1. The van der Waals surface area contributed by atoms with Gasteiger partial charge in [-0.15, -0.1) is 0 Å². The fraction of sp³-hybridized carbons (Fsp3) is 0.846. The summed E-state index contributed by atoms with van der Waals surface area (Å²) in [5.74, 6) is -1.22. The summed E-state index contributed by atoms with van der Waals surface area (Å²) < 4.78 is 5.28. The fourth-order valence-corrected chi connectivity index (χ4v) is 2.16. The molecule has 1 heterocycles. The maximum atomic E-state index is 11.9. The number of rotatable bonds is 3. The van der Waals surface area contributed by atoms with Gasteiger partial charge >= 0.3 is 12.1 Å². The van der Waals surface area contributed by atoms with E-state index in [4.69, 9.17) is 9.84 Å². The third-order valence-corrected chi connectivity index (χ3v) is 3.04. The molecule has 1 rings (SSSR count). The highest BCUT2D eigenvalue weighted by Crippen LogP contribution is 2.23. The first-order chi connectivity index (χ1) is 8.69. The molecule has 0 spiro atoms. The number of likely N-dealkylation sites (tertiary alicyclic amines) is 1. The second-order valence-corrected chi connectivity index (χ2v) is 5.99. The van der Waals surface area contributed by atoms with Crippen LogP contribution in [0.5, 0.6) is 0 Å². The Kier molecular flexibility index (Phi) is 5.17. The predicted molar refractivity (Wildman–Crippen MR) is 68.8 cm³/mol. The van der Waals surface area contributed by atoms with Crippen LogP contribution in [0.3, 0.4) is 0 Å². The molecule has 1 aliphatic rings. The summed E-state index contributed by atoms with van der Waals surface area (Å²) in [5, 5.41) is 18.5. The molecule has 6 nitrogen and oxygen atoms in total. The molecule has 0 aromatic heterocycles. The highest BCUT2D eigenvalue weighted by Gasteiger charge is 2.31. The Morgan fingerprint density at radius 3 is 2.58 bits per heavy atom. The molecule has 1 saturated heterocycles. The molecule has 0 aromatic carbocycles. The Morgan fingerprint density at radius 2 is 2.05 bits per heavy atom. The lowest BCUT2D eigenvalue weighted by atomic mass is 9.91. The zero-order chi connectivity index (χ0) is 14.6. The average Bonchev–Trinajstić information content (AvgIpc) is 2.26. The van der Waals surface area contributed by atoms with E-state index < -0.39 is 23.8 Å². The Morgan fingerprint density at radius 1 is 1.42 bits per heavy atom. The van der Waals surface area contributed by atoms with E-state index in [-0.39, 0.29) is 12.3 Å². The van der Waals surface area contributed by atoms with Gasteiger partial charge in [0.25, 0.3) is 0 Å². The topological polar surface area (TPSA) is 87.1 Å². The number of hydrogen-bond donors (Lipinski definition) is 2. The SMILES string of the molecule is CC(C)(C)OC(=O)N1CCCC([C@H](O)CC(=O)O)C1. The molecule has 6 heteroatoms. The third kappa shape index (κ3) is 5.46. The van der Waals surface area contributed by atoms with Gasteiger partial charge < -0.3 is 19.8 Å². The summed E-state index contributed by atoms with van der Waals surface area (Å²) in [6, 6.07) is 0. The molecule has 0 aromatic rings. The summed E-state index contributed by atoms with van der Waals surface area (Å²) in [4.78, 5) is 24.0. The van der Waals surface area contributed by atoms with Gasteiger partial charge in [0.1, 0.15) is 5.60 Å². The Balaban J connectivity index is 2.54. The van der Waals surface area contributed by atoms with Gasteiger partial charge in [-0.1, -0.05) is 0 Å². The number of carbonyl (C=O) groups excluding carboxylic acids is 1. The largest absolute Gasteiger partial charge is 0.481 e. The molecule has 1 fully saturated rings. The number of carbonyl (C=O) groups is 2. The van der Waals surface area contributed by atoms with E-state index in [1.54, 1.807) is 25.7 Å². The number of aliphatic carboxylic acids is 1. The normalized spacial score (nSPS) is 21.9. The summed E-state index contributed by atoms with van der Waals surface area (Å²) in [7, 11) is 0. The van der Waals surface area contributed by atoms with Crippen molar-refractivity contribution in [2.75, 3.05) is 13.1 Å². The van der Waals surface area contributed by atoms with E-state index in [9.17, 15) is 14.7 Å². The van der Waals surface area contributed by atoms with Crippen LogP contribution in [0.25, 0.3) is 0 Å². The quantitative estimate of drug-likeness (QED) is 0.813. The Bertz CT molecular complexity index is 336. The fourth-order valence-electron chi connectivity index (χ4n) is 2.16. The van der Waals surface area contributed by atoms with E-state index >= 15 is 0 Å². The lowest BCUT2D eigenvalue weighted by Crippen LogP contribution is -2.45. The molecule has 110 valence electrons. The van der Waals surface area contributed by atoms with Gasteiger partial charge in [-0.25, -0.2) is 4.79 Å². The number of aliphatic hydroxyl groups excluding tert-OH is 1. The lowest BCUT2D eigenvalue weighted by Gasteiger charge is -2.35. The zero-order valence-electron chi connectivity index (χ0n) is 11.8. The molecule has 2 N–H and O–H groups in total. The number of nitrogens with zero attached hydrogens (tertiary/aromatic N) is 1. The van der Waals surface area contributed by atoms with Crippen molar-refractivity contribution in [3.8, 4) is 0 Å². The van der Waals surface area contributed by atoms with Crippen LogP contribution in [0.4, 0.5) is 4.79 Å². The third-order valence-electron chi connectivity index (χ3n) is 3.04. The van der Waals surface area contributed by atoms with Crippen LogP contribution in [0.15, 0.2) is 0 Å². The number of carboxylic acids is 1. The summed E-state index contributed by atoms with van der Waals surface area (Å²) in [6.07, 6.45) is -0.122. The number of aliphatic hydroxyl groups is 1. The van der Waals surface area contributed by atoms with Crippen LogP contribution in [0.2, 0.25) is 0 Å². The van der Waals surface area contributed by atoms with Crippen LogP contribution >= 0.6 is 0 Å². The molecule has 1 amide bonds. The monoisotopic (exact) mass is 273 g/mol. The second-order valence-electron chi connectivity index (χ2n) is 5.99. The van der Waals surface area contributed by atoms with Gasteiger partial charge in [0, 0.05) is 19.0 Å². The van der Waals surface area contributed by atoms with E-state index in [1.165, 1.54) is 0 Å². The van der Waals surface area contributed by atoms with Crippen molar-refractivity contribution in [3.63, 3.8) is 0 Å². The lowest BCUT2D eigenvalue weighted by molar-refractivity contribution is -0.140. The smallest absolute Gasteiger partial charge is 0.410 e. The zero-order valence-corrected chi connectivity index (χ0v) is 11.8. The van der Waals surface area contributed by atoms with E-state index in [0.717, 1.165) is 12.8 Å². The van der Waals surface area contributed by atoms with Gasteiger partial charge in [-0.05, 0) is 33.6 Å². The predicted octanol–water partition coefficient (Wildman–Crippen LogP) is 1.47. The summed E-state index contributed by atoms with van der Waals surface area (Å²) in [5.41, 5.74) is -0.552. The summed E-state index contributed by atoms with van der Waals surface area (Å²) >= 11 is 0. The number of hydrogen-bond acceptors (Lipinski definition) is 4. The minimum Gasteiger partial charge on any atom is -0.481 e. The number of carboxylic acid groups (broad SMARTS) is 1. The first kappa shape index (κ1) is 15.8. The van der Waals surface area contributed by atoms with Gasteiger partial charge in [0.15, 0.2) is 0 Å². The number of ether oxygens (including phenoxy) is 1. The van der Waals surface area contributed by atoms with Crippen molar-refractivity contribution < 1.29 is 24.5 Å². The van der Waals surface area contributed by atoms with E-state index in [2.05, 4.69) is 0 Å². The Labute approximate surface area is 113 Å².